The molecular weight excluding hydrogens is 578 g/mol. The molecule has 1 saturated carbocycles. The summed E-state index contributed by atoms with van der Waals surface area (Å²) in [5.74, 6) is 0.978. The molecule has 0 unspecified atom stereocenters. The van der Waals surface area contributed by atoms with E-state index in [-0.39, 0.29) is 23.9 Å². The number of carbonyl (C=O) groups is 1. The van der Waals surface area contributed by atoms with Crippen molar-refractivity contribution in [2.75, 3.05) is 36.5 Å². The summed E-state index contributed by atoms with van der Waals surface area (Å²) in [5, 5.41) is 10.1. The molecule has 2 aromatic carbocycles. The average molecular weight is 611 g/mol. The zero-order valence-electron chi connectivity index (χ0n) is 23.5. The van der Waals surface area contributed by atoms with Crippen molar-refractivity contribution in [3.05, 3.63) is 71.0 Å². The topological polar surface area (TPSA) is 109 Å². The number of benzene rings is 2. The zero-order chi connectivity index (χ0) is 29.8. The van der Waals surface area contributed by atoms with E-state index in [9.17, 15) is 13.6 Å². The third-order valence-electron chi connectivity index (χ3n) is 7.81. The Labute approximate surface area is 252 Å². The second-order valence-corrected chi connectivity index (χ2v) is 11.2. The van der Waals surface area contributed by atoms with E-state index >= 15 is 0 Å². The standard InChI is InChI=1S/C30H33ClF2N8O2/c31-20-7-5-19(6-8-20)18-34-30(42)36-22-11-9-21(10-12-22)35-29-38-25(40-13-15-43-16-14-40)17-26(39-29)41-24-4-2-1-3-23(24)37-28(41)27(32)33/h1-8,17,21-22,27H,9-16,18H2,(H2,34,36,42)(H,35,38,39)/t21-,22-. The van der Waals surface area contributed by atoms with E-state index in [1.165, 1.54) is 4.57 Å². The molecule has 2 fully saturated rings. The number of morpholine rings is 1. The normalized spacial score (nSPS) is 19.0. The highest BCUT2D eigenvalue weighted by molar-refractivity contribution is 6.30. The van der Waals surface area contributed by atoms with Crippen LogP contribution in [-0.4, -0.2) is 63.9 Å². The molecule has 2 amide bonds. The summed E-state index contributed by atoms with van der Waals surface area (Å²) < 4.78 is 35.2. The maximum absolute atomic E-state index is 14.1. The van der Waals surface area contributed by atoms with Gasteiger partial charge in [0.2, 0.25) is 5.95 Å². The van der Waals surface area contributed by atoms with Crippen molar-refractivity contribution >= 4 is 40.4 Å². The first-order valence-electron chi connectivity index (χ1n) is 14.5. The number of carbonyl (C=O) groups excluding carboxylic acids is 1. The van der Waals surface area contributed by atoms with Crippen molar-refractivity contribution in [3.8, 4) is 5.82 Å². The van der Waals surface area contributed by atoms with E-state index in [2.05, 4.69) is 25.8 Å². The molecule has 226 valence electrons. The smallest absolute Gasteiger partial charge is 0.315 e. The van der Waals surface area contributed by atoms with Crippen LogP contribution >= 0.6 is 11.6 Å². The Hall–Kier alpha value is -4.03. The van der Waals surface area contributed by atoms with Crippen LogP contribution in [0.3, 0.4) is 0 Å². The van der Waals surface area contributed by atoms with Gasteiger partial charge in [-0.25, -0.2) is 18.6 Å². The molecule has 1 aliphatic carbocycles. The molecule has 0 atom stereocenters. The monoisotopic (exact) mass is 610 g/mol. The number of amides is 2. The van der Waals surface area contributed by atoms with Gasteiger partial charge in [-0.3, -0.25) is 4.57 Å². The number of fused-ring (bicyclic) bond motifs is 1. The second-order valence-electron chi connectivity index (χ2n) is 10.7. The van der Waals surface area contributed by atoms with E-state index < -0.39 is 6.43 Å². The molecule has 0 radical (unpaired) electrons. The molecule has 43 heavy (non-hydrogen) atoms. The van der Waals surface area contributed by atoms with Crippen molar-refractivity contribution in [1.29, 1.82) is 0 Å². The quantitative estimate of drug-likeness (QED) is 0.243. The van der Waals surface area contributed by atoms with Gasteiger partial charge in [0, 0.05) is 42.8 Å². The highest BCUT2D eigenvalue weighted by Crippen LogP contribution is 2.30. The molecule has 3 N–H and O–H groups in total. The van der Waals surface area contributed by atoms with Crippen molar-refractivity contribution in [2.45, 2.75) is 50.7 Å². The predicted octanol–water partition coefficient (Wildman–Crippen LogP) is 5.47. The van der Waals surface area contributed by atoms with Crippen LogP contribution in [0.1, 0.15) is 43.5 Å². The number of imidazole rings is 1. The first-order chi connectivity index (χ1) is 20.9. The molecule has 2 aromatic heterocycles. The predicted molar refractivity (Wildman–Crippen MR) is 161 cm³/mol. The average Bonchev–Trinajstić information content (AvgIpc) is 3.42. The van der Waals surface area contributed by atoms with Crippen LogP contribution in [0.4, 0.5) is 25.3 Å². The molecule has 0 bridgehead atoms. The van der Waals surface area contributed by atoms with Crippen LogP contribution < -0.4 is 20.9 Å². The SMILES string of the molecule is O=C(NCc1ccc(Cl)cc1)N[C@H]1CC[C@H](Nc2nc(N3CCOCC3)cc(-n3c(C(F)F)nc4ccccc43)n2)CC1. The molecule has 1 saturated heterocycles. The summed E-state index contributed by atoms with van der Waals surface area (Å²) in [7, 11) is 0. The number of hydrogen-bond acceptors (Lipinski definition) is 7. The molecule has 4 aromatic rings. The van der Waals surface area contributed by atoms with Crippen LogP contribution in [0, 0.1) is 0 Å². The lowest BCUT2D eigenvalue weighted by molar-refractivity contribution is 0.122. The summed E-state index contributed by atoms with van der Waals surface area (Å²) in [4.78, 5) is 28.2. The number of halogens is 3. The van der Waals surface area contributed by atoms with Crippen molar-refractivity contribution < 1.29 is 18.3 Å². The molecule has 0 spiro atoms. The number of rotatable bonds is 8. The molecule has 3 heterocycles. The highest BCUT2D eigenvalue weighted by Gasteiger charge is 2.26. The Kier molecular flexibility index (Phi) is 8.85. The van der Waals surface area contributed by atoms with Crippen LogP contribution in [0.2, 0.25) is 5.02 Å². The van der Waals surface area contributed by atoms with Gasteiger partial charge in [-0.2, -0.15) is 9.97 Å². The summed E-state index contributed by atoms with van der Waals surface area (Å²) in [5.41, 5.74) is 1.99. The minimum Gasteiger partial charge on any atom is -0.378 e. The van der Waals surface area contributed by atoms with Gasteiger partial charge in [-0.1, -0.05) is 35.9 Å². The van der Waals surface area contributed by atoms with E-state index in [1.807, 2.05) is 12.1 Å². The van der Waals surface area contributed by atoms with Crippen molar-refractivity contribution in [1.82, 2.24) is 30.2 Å². The maximum atomic E-state index is 14.1. The molecule has 13 heteroatoms. The lowest BCUT2D eigenvalue weighted by atomic mass is 9.91. The number of anilines is 2. The van der Waals surface area contributed by atoms with E-state index in [0.717, 1.165) is 31.2 Å². The van der Waals surface area contributed by atoms with Crippen molar-refractivity contribution in [2.24, 2.45) is 0 Å². The first kappa shape index (κ1) is 29.1. The number of ether oxygens (including phenoxy) is 1. The van der Waals surface area contributed by atoms with Gasteiger partial charge < -0.3 is 25.6 Å². The molecule has 6 rings (SSSR count). The minimum atomic E-state index is -2.78. The molecule has 1 aliphatic heterocycles. The minimum absolute atomic E-state index is 0.0466. The first-order valence-corrected chi connectivity index (χ1v) is 14.8. The maximum Gasteiger partial charge on any atom is 0.315 e. The van der Waals surface area contributed by atoms with Gasteiger partial charge in [0.1, 0.15) is 11.6 Å². The Morgan fingerprint density at radius 1 is 0.953 bits per heavy atom. The molecule has 2 aliphatic rings. The Bertz CT molecular complexity index is 1550. The Morgan fingerprint density at radius 3 is 2.40 bits per heavy atom. The lowest BCUT2D eigenvalue weighted by Crippen LogP contribution is -2.44. The van der Waals surface area contributed by atoms with Crippen LogP contribution in [0.15, 0.2) is 54.6 Å². The van der Waals surface area contributed by atoms with Crippen LogP contribution in [0.5, 0.6) is 0 Å². The van der Waals surface area contributed by atoms with Gasteiger partial charge in [0.15, 0.2) is 5.82 Å². The summed E-state index contributed by atoms with van der Waals surface area (Å²) in [6, 6.07) is 16.0. The van der Waals surface area contributed by atoms with E-state index in [4.69, 9.17) is 26.3 Å². The number of para-hydroxylation sites is 2. The summed E-state index contributed by atoms with van der Waals surface area (Å²) in [6.07, 6.45) is 0.363. The Balaban J connectivity index is 1.15. The van der Waals surface area contributed by atoms with Crippen molar-refractivity contribution in [3.63, 3.8) is 0 Å². The highest BCUT2D eigenvalue weighted by atomic mass is 35.5. The summed E-state index contributed by atoms with van der Waals surface area (Å²) in [6.45, 7) is 2.81. The van der Waals surface area contributed by atoms with Crippen LogP contribution in [-0.2, 0) is 11.3 Å². The summed E-state index contributed by atoms with van der Waals surface area (Å²) >= 11 is 5.93. The molecular formula is C30H33ClF2N8O2. The van der Waals surface area contributed by atoms with E-state index in [1.54, 1.807) is 42.5 Å². The van der Waals surface area contributed by atoms with Gasteiger partial charge >= 0.3 is 6.03 Å². The zero-order valence-corrected chi connectivity index (χ0v) is 24.2. The van der Waals surface area contributed by atoms with E-state index in [0.29, 0.717) is 66.5 Å². The fourth-order valence-electron chi connectivity index (χ4n) is 5.57. The largest absolute Gasteiger partial charge is 0.378 e. The number of alkyl halides is 2. The molecule has 10 nitrogen and oxygen atoms in total. The number of nitrogens with one attached hydrogen (secondary N) is 3. The second kappa shape index (κ2) is 13.1. The number of nitrogens with zero attached hydrogens (tertiary/aromatic N) is 5. The third kappa shape index (κ3) is 6.97. The van der Waals surface area contributed by atoms with Gasteiger partial charge in [0.25, 0.3) is 6.43 Å². The Morgan fingerprint density at radius 2 is 1.65 bits per heavy atom. The number of hydrogen-bond donors (Lipinski definition) is 3. The number of aromatic nitrogens is 4. The van der Waals surface area contributed by atoms with Crippen LogP contribution in [0.25, 0.3) is 16.9 Å². The fraction of sp³-hybridized carbons (Fsp3) is 0.400. The lowest BCUT2D eigenvalue weighted by Gasteiger charge is -2.31. The third-order valence-corrected chi connectivity index (χ3v) is 8.06. The van der Waals surface area contributed by atoms with Gasteiger partial charge in [-0.05, 0) is 55.5 Å². The number of urea groups is 1. The van der Waals surface area contributed by atoms with Gasteiger partial charge in [0.05, 0.1) is 24.2 Å². The van der Waals surface area contributed by atoms with Gasteiger partial charge in [-0.15, -0.1) is 0 Å². The fourth-order valence-corrected chi connectivity index (χ4v) is 5.70.